The fraction of sp³-hybridized carbons (Fsp3) is 0.857. The Morgan fingerprint density at radius 1 is 1.29 bits per heavy atom. The second-order valence-electron chi connectivity index (χ2n) is 2.93. The Balaban J connectivity index is 2.63. The number of aryl methyl sites for hydroxylation is 1. The number of aromatic nitrogens is 4. The number of tetrazole rings is 1. The van der Waals surface area contributed by atoms with Gasteiger partial charge in [0.25, 0.3) is 3.92 Å². The lowest BCUT2D eigenvalue weighted by Crippen LogP contribution is -2.18. The predicted octanol–water partition coefficient (Wildman–Crippen LogP) is 2.69. The van der Waals surface area contributed by atoms with Gasteiger partial charge in [-0.25, -0.2) is 0 Å². The molecular weight excluding hydrogens is 246 g/mol. The number of halogens is 3. The fourth-order valence-electron chi connectivity index (χ4n) is 1.09. The van der Waals surface area contributed by atoms with E-state index in [2.05, 4.69) is 22.4 Å². The summed E-state index contributed by atoms with van der Waals surface area (Å²) in [5, 5.41) is 10.9. The van der Waals surface area contributed by atoms with E-state index in [9.17, 15) is 0 Å². The van der Waals surface area contributed by atoms with Crippen LogP contribution in [0.25, 0.3) is 0 Å². The quantitative estimate of drug-likeness (QED) is 0.615. The molecule has 0 saturated heterocycles. The van der Waals surface area contributed by atoms with E-state index in [0.29, 0.717) is 5.82 Å². The van der Waals surface area contributed by atoms with Crippen LogP contribution in [0.5, 0.6) is 0 Å². The molecule has 0 aliphatic carbocycles. The summed E-state index contributed by atoms with van der Waals surface area (Å²) in [4.78, 5) is 0. The first kappa shape index (κ1) is 12.0. The highest BCUT2D eigenvalue weighted by Gasteiger charge is 2.27. The zero-order chi connectivity index (χ0) is 10.6. The van der Waals surface area contributed by atoms with Gasteiger partial charge in [0.1, 0.15) is 0 Å². The molecule has 0 atom stereocenters. The smallest absolute Gasteiger partial charge is 0.180 e. The molecule has 1 rings (SSSR count). The minimum absolute atomic E-state index is 0.610. The summed E-state index contributed by atoms with van der Waals surface area (Å²) in [6.07, 6.45) is 3.98. The largest absolute Gasteiger partial charge is 0.289 e. The van der Waals surface area contributed by atoms with Gasteiger partial charge in [-0.2, -0.15) is 4.68 Å². The maximum atomic E-state index is 5.67. The van der Waals surface area contributed by atoms with E-state index in [1.165, 1.54) is 4.68 Å². The van der Waals surface area contributed by atoms with Crippen molar-refractivity contribution < 1.29 is 0 Å². The molecule has 0 N–H and O–H groups in total. The van der Waals surface area contributed by atoms with E-state index in [1.54, 1.807) is 0 Å². The zero-order valence-corrected chi connectivity index (χ0v) is 10.0. The standard InChI is InChI=1S/C7H11Cl3N4/c1-2-3-4-5-6-11-12-13-14(6)7(8,9)10/h2-5H2,1H3. The maximum Gasteiger partial charge on any atom is 0.289 e. The van der Waals surface area contributed by atoms with Crippen molar-refractivity contribution >= 4 is 34.8 Å². The summed E-state index contributed by atoms with van der Waals surface area (Å²) in [7, 11) is 0. The molecule has 4 nitrogen and oxygen atoms in total. The normalized spacial score (nSPS) is 12.0. The van der Waals surface area contributed by atoms with Crippen molar-refractivity contribution in [1.82, 2.24) is 20.2 Å². The third kappa shape index (κ3) is 3.26. The van der Waals surface area contributed by atoms with Gasteiger partial charge < -0.3 is 0 Å². The molecule has 1 aromatic heterocycles. The molecule has 0 spiro atoms. The maximum absolute atomic E-state index is 5.67. The van der Waals surface area contributed by atoms with E-state index < -0.39 is 3.92 Å². The Morgan fingerprint density at radius 3 is 2.57 bits per heavy atom. The summed E-state index contributed by atoms with van der Waals surface area (Å²) in [5.41, 5.74) is 0. The van der Waals surface area contributed by atoms with Gasteiger partial charge in [0, 0.05) is 6.42 Å². The predicted molar refractivity (Wildman–Crippen MR) is 56.6 cm³/mol. The van der Waals surface area contributed by atoms with Crippen LogP contribution in [0.15, 0.2) is 0 Å². The highest BCUT2D eigenvalue weighted by atomic mass is 35.6. The van der Waals surface area contributed by atoms with Gasteiger partial charge in [-0.3, -0.25) is 0 Å². The first-order chi connectivity index (χ1) is 6.55. The molecule has 7 heteroatoms. The van der Waals surface area contributed by atoms with Crippen molar-refractivity contribution in [3.63, 3.8) is 0 Å². The van der Waals surface area contributed by atoms with Crippen LogP contribution >= 0.6 is 34.8 Å². The summed E-state index contributed by atoms with van der Waals surface area (Å²) in [6, 6.07) is 0. The molecule has 0 aromatic carbocycles. The fourth-order valence-corrected chi connectivity index (χ4v) is 1.49. The molecule has 0 aliphatic heterocycles. The van der Waals surface area contributed by atoms with Crippen molar-refractivity contribution in [2.24, 2.45) is 0 Å². The van der Waals surface area contributed by atoms with E-state index in [1.807, 2.05) is 0 Å². The molecule has 0 unspecified atom stereocenters. The lowest BCUT2D eigenvalue weighted by Gasteiger charge is -2.11. The van der Waals surface area contributed by atoms with E-state index in [0.717, 1.165) is 25.7 Å². The van der Waals surface area contributed by atoms with Gasteiger partial charge in [0.05, 0.1) is 0 Å². The average Bonchev–Trinajstić information content (AvgIpc) is 2.52. The van der Waals surface area contributed by atoms with Crippen molar-refractivity contribution in [3.8, 4) is 0 Å². The molecule has 0 fully saturated rings. The van der Waals surface area contributed by atoms with Crippen molar-refractivity contribution in [3.05, 3.63) is 5.82 Å². The van der Waals surface area contributed by atoms with Crippen LogP contribution in [-0.2, 0) is 10.3 Å². The number of rotatable bonds is 4. The van der Waals surface area contributed by atoms with Gasteiger partial charge in [0.2, 0.25) is 0 Å². The lowest BCUT2D eigenvalue weighted by molar-refractivity contribution is 0.587. The molecule has 14 heavy (non-hydrogen) atoms. The minimum Gasteiger partial charge on any atom is -0.180 e. The SMILES string of the molecule is CCCCCc1nnnn1C(Cl)(Cl)Cl. The van der Waals surface area contributed by atoms with Crippen molar-refractivity contribution in [2.45, 2.75) is 36.5 Å². The van der Waals surface area contributed by atoms with E-state index in [-0.39, 0.29) is 0 Å². The van der Waals surface area contributed by atoms with Gasteiger partial charge in [-0.15, -0.1) is 5.10 Å². The summed E-state index contributed by atoms with van der Waals surface area (Å²) < 4.78 is -0.377. The Kier molecular flexibility index (Phi) is 4.41. The topological polar surface area (TPSA) is 43.6 Å². The first-order valence-corrected chi connectivity index (χ1v) is 5.53. The van der Waals surface area contributed by atoms with Gasteiger partial charge >= 0.3 is 0 Å². The third-order valence-corrected chi connectivity index (χ3v) is 2.26. The number of unbranched alkanes of at least 4 members (excludes halogenated alkanes) is 2. The minimum atomic E-state index is -1.59. The molecule has 0 radical (unpaired) electrons. The van der Waals surface area contributed by atoms with Crippen LogP contribution in [0.1, 0.15) is 32.0 Å². The van der Waals surface area contributed by atoms with Crippen molar-refractivity contribution in [1.29, 1.82) is 0 Å². The lowest BCUT2D eigenvalue weighted by atomic mass is 10.2. The number of hydrogen-bond donors (Lipinski definition) is 0. The molecule has 0 aliphatic rings. The second kappa shape index (κ2) is 5.14. The van der Waals surface area contributed by atoms with Crippen LogP contribution in [0, 0.1) is 0 Å². The third-order valence-electron chi connectivity index (χ3n) is 1.78. The average molecular weight is 258 g/mol. The van der Waals surface area contributed by atoms with Crippen LogP contribution in [-0.4, -0.2) is 20.2 Å². The number of hydrogen-bond acceptors (Lipinski definition) is 3. The van der Waals surface area contributed by atoms with E-state index in [4.69, 9.17) is 34.8 Å². The molecule has 0 bridgehead atoms. The van der Waals surface area contributed by atoms with Gasteiger partial charge in [0.15, 0.2) is 5.82 Å². The highest BCUT2D eigenvalue weighted by molar-refractivity contribution is 6.64. The summed E-state index contributed by atoms with van der Waals surface area (Å²) in [6.45, 7) is 2.12. The highest BCUT2D eigenvalue weighted by Crippen LogP contribution is 2.32. The van der Waals surface area contributed by atoms with Gasteiger partial charge in [-0.05, 0) is 16.8 Å². The molecule has 1 aromatic rings. The first-order valence-electron chi connectivity index (χ1n) is 4.40. The number of nitrogens with zero attached hydrogens (tertiary/aromatic N) is 4. The Labute approximate surface area is 97.5 Å². The summed E-state index contributed by atoms with van der Waals surface area (Å²) in [5.74, 6) is 0.610. The Hall–Kier alpha value is -0.0600. The van der Waals surface area contributed by atoms with Crippen LogP contribution in [0.4, 0.5) is 0 Å². The second-order valence-corrected chi connectivity index (χ2v) is 5.15. The molecule has 0 saturated carbocycles. The zero-order valence-electron chi connectivity index (χ0n) is 7.75. The van der Waals surface area contributed by atoms with Crippen LogP contribution < -0.4 is 0 Å². The van der Waals surface area contributed by atoms with Crippen molar-refractivity contribution in [2.75, 3.05) is 0 Å². The Morgan fingerprint density at radius 2 is 2.00 bits per heavy atom. The van der Waals surface area contributed by atoms with Crippen LogP contribution in [0.2, 0.25) is 0 Å². The molecule has 80 valence electrons. The monoisotopic (exact) mass is 256 g/mol. The van der Waals surface area contributed by atoms with Gasteiger partial charge in [-0.1, -0.05) is 54.6 Å². The molecule has 0 amide bonds. The van der Waals surface area contributed by atoms with Crippen LogP contribution in [0.3, 0.4) is 0 Å². The Bertz CT molecular complexity index is 281. The molecule has 1 heterocycles. The number of alkyl halides is 3. The molecular formula is C7H11Cl3N4. The van der Waals surface area contributed by atoms with E-state index >= 15 is 0 Å². The summed E-state index contributed by atoms with van der Waals surface area (Å²) >= 11 is 17.0.